The monoisotopic (exact) mass is 353 g/mol. The number of halogens is 2. The second-order valence-corrected chi connectivity index (χ2v) is 6.01. The molecule has 0 spiro atoms. The van der Waals surface area contributed by atoms with E-state index >= 15 is 0 Å². The Labute approximate surface area is 133 Å². The maximum absolute atomic E-state index is 6.26. The molecule has 0 amide bonds. The average Bonchev–Trinajstić information content (AvgIpc) is 2.41. The van der Waals surface area contributed by atoms with Crippen LogP contribution in [-0.4, -0.2) is 13.2 Å². The topological polar surface area (TPSA) is 35.2 Å². The van der Waals surface area contributed by atoms with Crippen molar-refractivity contribution in [3.05, 3.63) is 63.1 Å². The van der Waals surface area contributed by atoms with E-state index in [0.717, 1.165) is 28.6 Å². The zero-order chi connectivity index (χ0) is 14.5. The molecular formula is C16H17BrClNO. The van der Waals surface area contributed by atoms with Crippen LogP contribution in [0.25, 0.3) is 0 Å². The summed E-state index contributed by atoms with van der Waals surface area (Å²) >= 11 is 9.59. The fourth-order valence-electron chi connectivity index (χ4n) is 2.21. The zero-order valence-electron chi connectivity index (χ0n) is 11.3. The van der Waals surface area contributed by atoms with Crippen molar-refractivity contribution in [2.45, 2.75) is 18.9 Å². The Morgan fingerprint density at radius 1 is 1.15 bits per heavy atom. The molecule has 2 aromatic carbocycles. The first-order valence-corrected chi connectivity index (χ1v) is 7.58. The van der Waals surface area contributed by atoms with Crippen LogP contribution in [0.15, 0.2) is 46.9 Å². The summed E-state index contributed by atoms with van der Waals surface area (Å²) in [6.45, 7) is 0. The molecule has 2 N–H and O–H groups in total. The van der Waals surface area contributed by atoms with Crippen molar-refractivity contribution in [3.8, 4) is 5.75 Å². The van der Waals surface area contributed by atoms with Gasteiger partial charge in [-0.05, 0) is 48.2 Å². The summed E-state index contributed by atoms with van der Waals surface area (Å²) in [5.74, 6) is 0.831. The van der Waals surface area contributed by atoms with Gasteiger partial charge < -0.3 is 10.5 Å². The number of ether oxygens (including phenoxy) is 1. The second kappa shape index (κ2) is 7.11. The van der Waals surface area contributed by atoms with Crippen LogP contribution in [-0.2, 0) is 12.8 Å². The van der Waals surface area contributed by atoms with Gasteiger partial charge in [0.05, 0.1) is 7.11 Å². The lowest BCUT2D eigenvalue weighted by molar-refractivity contribution is 0.408. The third-order valence-corrected chi connectivity index (χ3v) is 4.17. The van der Waals surface area contributed by atoms with Crippen molar-refractivity contribution in [2.75, 3.05) is 7.11 Å². The Kier molecular flexibility index (Phi) is 5.46. The standard InChI is InChI=1S/C16H17BrClNO/c1-20-16-7-6-13(18)8-12(16)10-14(19)9-11-4-2-3-5-15(11)17/h2-8,14H,9-10,19H2,1H3. The highest BCUT2D eigenvalue weighted by atomic mass is 79.9. The minimum atomic E-state index is 0.0149. The van der Waals surface area contributed by atoms with Crippen LogP contribution in [0.2, 0.25) is 5.02 Å². The maximum atomic E-state index is 6.26. The van der Waals surface area contributed by atoms with E-state index in [-0.39, 0.29) is 6.04 Å². The fraction of sp³-hybridized carbons (Fsp3) is 0.250. The SMILES string of the molecule is COc1ccc(Cl)cc1CC(N)Cc1ccccc1Br. The van der Waals surface area contributed by atoms with Gasteiger partial charge in [0.25, 0.3) is 0 Å². The summed E-state index contributed by atoms with van der Waals surface area (Å²) in [6.07, 6.45) is 1.53. The number of benzene rings is 2. The largest absolute Gasteiger partial charge is 0.496 e. The van der Waals surface area contributed by atoms with Gasteiger partial charge in [-0.2, -0.15) is 0 Å². The third kappa shape index (κ3) is 3.98. The first kappa shape index (κ1) is 15.4. The van der Waals surface area contributed by atoms with Gasteiger partial charge in [0.1, 0.15) is 5.75 Å². The predicted molar refractivity (Wildman–Crippen MR) is 87.5 cm³/mol. The van der Waals surface area contributed by atoms with Crippen LogP contribution in [0.4, 0.5) is 0 Å². The number of nitrogens with two attached hydrogens (primary N) is 1. The number of hydrogen-bond donors (Lipinski definition) is 1. The van der Waals surface area contributed by atoms with Gasteiger partial charge in [-0.25, -0.2) is 0 Å². The molecular weight excluding hydrogens is 338 g/mol. The molecule has 0 saturated carbocycles. The number of methoxy groups -OCH3 is 1. The van der Waals surface area contributed by atoms with E-state index in [2.05, 4.69) is 22.0 Å². The molecule has 4 heteroatoms. The lowest BCUT2D eigenvalue weighted by Crippen LogP contribution is -2.26. The Morgan fingerprint density at radius 3 is 2.55 bits per heavy atom. The molecule has 0 aliphatic heterocycles. The van der Waals surface area contributed by atoms with Crippen molar-refractivity contribution in [1.29, 1.82) is 0 Å². The van der Waals surface area contributed by atoms with Crippen molar-refractivity contribution in [1.82, 2.24) is 0 Å². The molecule has 2 aromatic rings. The summed E-state index contributed by atoms with van der Waals surface area (Å²) in [7, 11) is 1.66. The van der Waals surface area contributed by atoms with Gasteiger partial charge in [0, 0.05) is 15.5 Å². The smallest absolute Gasteiger partial charge is 0.122 e. The first-order valence-electron chi connectivity index (χ1n) is 6.41. The summed E-state index contributed by atoms with van der Waals surface area (Å²) in [4.78, 5) is 0. The molecule has 0 radical (unpaired) electrons. The van der Waals surface area contributed by atoms with Crippen molar-refractivity contribution in [2.24, 2.45) is 5.73 Å². The normalized spacial score (nSPS) is 12.2. The van der Waals surface area contributed by atoms with Gasteiger partial charge in [-0.3, -0.25) is 0 Å². The molecule has 1 unspecified atom stereocenters. The van der Waals surface area contributed by atoms with Crippen LogP contribution < -0.4 is 10.5 Å². The zero-order valence-corrected chi connectivity index (χ0v) is 13.6. The Morgan fingerprint density at radius 2 is 1.85 bits per heavy atom. The lowest BCUT2D eigenvalue weighted by Gasteiger charge is -2.15. The van der Waals surface area contributed by atoms with E-state index in [1.807, 2.05) is 36.4 Å². The molecule has 0 aliphatic carbocycles. The van der Waals surface area contributed by atoms with E-state index in [0.29, 0.717) is 5.02 Å². The molecule has 0 aliphatic rings. The Balaban J connectivity index is 2.10. The van der Waals surface area contributed by atoms with Gasteiger partial charge >= 0.3 is 0 Å². The van der Waals surface area contributed by atoms with Gasteiger partial charge in [-0.15, -0.1) is 0 Å². The summed E-state index contributed by atoms with van der Waals surface area (Å²) < 4.78 is 6.44. The van der Waals surface area contributed by atoms with E-state index < -0.39 is 0 Å². The number of rotatable bonds is 5. The maximum Gasteiger partial charge on any atom is 0.122 e. The molecule has 0 saturated heterocycles. The van der Waals surface area contributed by atoms with Gasteiger partial charge in [0.2, 0.25) is 0 Å². The summed E-state index contributed by atoms with van der Waals surface area (Å²) in [5.41, 5.74) is 8.51. The van der Waals surface area contributed by atoms with Crippen LogP contribution in [0.3, 0.4) is 0 Å². The van der Waals surface area contributed by atoms with Crippen LogP contribution in [0.1, 0.15) is 11.1 Å². The molecule has 0 heterocycles. The molecule has 20 heavy (non-hydrogen) atoms. The summed E-state index contributed by atoms with van der Waals surface area (Å²) in [6, 6.07) is 13.8. The minimum Gasteiger partial charge on any atom is -0.496 e. The van der Waals surface area contributed by atoms with Crippen molar-refractivity contribution in [3.63, 3.8) is 0 Å². The quantitative estimate of drug-likeness (QED) is 0.872. The Bertz CT molecular complexity index is 588. The highest BCUT2D eigenvalue weighted by molar-refractivity contribution is 9.10. The molecule has 1 atom stereocenters. The molecule has 2 rings (SSSR count). The van der Waals surface area contributed by atoms with Crippen LogP contribution >= 0.6 is 27.5 Å². The van der Waals surface area contributed by atoms with Crippen molar-refractivity contribution >= 4 is 27.5 Å². The molecule has 0 aromatic heterocycles. The molecule has 2 nitrogen and oxygen atoms in total. The summed E-state index contributed by atoms with van der Waals surface area (Å²) in [5, 5.41) is 0.703. The van der Waals surface area contributed by atoms with Crippen LogP contribution in [0, 0.1) is 0 Å². The second-order valence-electron chi connectivity index (χ2n) is 4.72. The Hall–Kier alpha value is -1.03. The minimum absolute atomic E-state index is 0.0149. The average molecular weight is 355 g/mol. The van der Waals surface area contributed by atoms with E-state index in [1.54, 1.807) is 7.11 Å². The van der Waals surface area contributed by atoms with E-state index in [4.69, 9.17) is 22.1 Å². The van der Waals surface area contributed by atoms with Crippen LogP contribution in [0.5, 0.6) is 5.75 Å². The first-order chi connectivity index (χ1) is 9.60. The lowest BCUT2D eigenvalue weighted by atomic mass is 9.99. The van der Waals surface area contributed by atoms with Crippen molar-refractivity contribution < 1.29 is 4.74 Å². The molecule has 0 fully saturated rings. The van der Waals surface area contributed by atoms with Gasteiger partial charge in [0.15, 0.2) is 0 Å². The highest BCUT2D eigenvalue weighted by Crippen LogP contribution is 2.25. The molecule has 106 valence electrons. The third-order valence-electron chi connectivity index (χ3n) is 3.16. The fourth-order valence-corrected chi connectivity index (χ4v) is 2.85. The number of hydrogen-bond acceptors (Lipinski definition) is 2. The van der Waals surface area contributed by atoms with E-state index in [1.165, 1.54) is 5.56 Å². The highest BCUT2D eigenvalue weighted by Gasteiger charge is 2.11. The molecule has 0 bridgehead atoms. The predicted octanol–water partition coefficient (Wildman–Crippen LogP) is 4.22. The van der Waals surface area contributed by atoms with Gasteiger partial charge in [-0.1, -0.05) is 45.7 Å². The van der Waals surface area contributed by atoms with E-state index in [9.17, 15) is 0 Å².